The van der Waals surface area contributed by atoms with Crippen LogP contribution in [0.25, 0.3) is 11.1 Å². The molecule has 0 aliphatic rings. The molecule has 0 radical (unpaired) electrons. The number of hydrogen-bond acceptors (Lipinski definition) is 2. The van der Waals surface area contributed by atoms with E-state index in [9.17, 15) is 9.59 Å². The first-order valence-corrected chi connectivity index (χ1v) is 7.03. The third-order valence-corrected chi connectivity index (χ3v) is 3.58. The molecule has 0 amide bonds. The first kappa shape index (κ1) is 15.5. The second-order valence-electron chi connectivity index (χ2n) is 4.52. The molecule has 0 spiro atoms. The van der Waals surface area contributed by atoms with Crippen molar-refractivity contribution >= 4 is 35.0 Å². The zero-order valence-corrected chi connectivity index (χ0v) is 12.5. The maximum atomic E-state index is 11.8. The summed E-state index contributed by atoms with van der Waals surface area (Å²) >= 11 is 12.1. The van der Waals surface area contributed by atoms with Gasteiger partial charge in [-0.1, -0.05) is 47.5 Å². The van der Waals surface area contributed by atoms with Gasteiger partial charge in [-0.15, -0.1) is 0 Å². The lowest BCUT2D eigenvalue weighted by atomic mass is 10.0. The van der Waals surface area contributed by atoms with Crippen molar-refractivity contribution < 1.29 is 14.7 Å². The van der Waals surface area contributed by atoms with Crippen molar-refractivity contribution in [3.05, 3.63) is 58.1 Å². The number of carbonyl (C=O) groups is 2. The molecule has 0 saturated heterocycles. The highest BCUT2D eigenvalue weighted by Crippen LogP contribution is 2.30. The van der Waals surface area contributed by atoms with Gasteiger partial charge in [0.1, 0.15) is 0 Å². The number of halogens is 2. The normalized spacial score (nSPS) is 10.4. The number of hydrogen-bond donors (Lipinski definition) is 1. The SMILES string of the molecule is O=C(O)CCC(=O)c1ccc(-c2cc(Cl)ccc2Cl)cc1. The van der Waals surface area contributed by atoms with Gasteiger partial charge in [0.2, 0.25) is 0 Å². The molecule has 0 fully saturated rings. The monoisotopic (exact) mass is 322 g/mol. The summed E-state index contributed by atoms with van der Waals surface area (Å²) in [4.78, 5) is 22.3. The smallest absolute Gasteiger partial charge is 0.303 e. The summed E-state index contributed by atoms with van der Waals surface area (Å²) in [7, 11) is 0. The molecule has 21 heavy (non-hydrogen) atoms. The molecule has 108 valence electrons. The third-order valence-electron chi connectivity index (χ3n) is 3.01. The van der Waals surface area contributed by atoms with Crippen LogP contribution in [0, 0.1) is 0 Å². The fraction of sp³-hybridized carbons (Fsp3) is 0.125. The lowest BCUT2D eigenvalue weighted by Crippen LogP contribution is -2.03. The summed E-state index contributed by atoms with van der Waals surface area (Å²) in [6.45, 7) is 0. The van der Waals surface area contributed by atoms with Gasteiger partial charge in [0.05, 0.1) is 6.42 Å². The molecule has 3 nitrogen and oxygen atoms in total. The van der Waals surface area contributed by atoms with Crippen LogP contribution in [0.2, 0.25) is 10.0 Å². The third kappa shape index (κ3) is 4.06. The zero-order chi connectivity index (χ0) is 15.4. The molecule has 2 rings (SSSR count). The van der Waals surface area contributed by atoms with Gasteiger partial charge in [-0.25, -0.2) is 0 Å². The number of carboxylic acids is 1. The van der Waals surface area contributed by atoms with Gasteiger partial charge in [-0.05, 0) is 23.8 Å². The van der Waals surface area contributed by atoms with Crippen LogP contribution in [0.3, 0.4) is 0 Å². The Morgan fingerprint density at radius 1 is 0.952 bits per heavy atom. The lowest BCUT2D eigenvalue weighted by molar-refractivity contribution is -0.136. The topological polar surface area (TPSA) is 54.4 Å². The fourth-order valence-corrected chi connectivity index (χ4v) is 2.32. The Hall–Kier alpha value is -1.84. The van der Waals surface area contributed by atoms with E-state index < -0.39 is 5.97 Å². The summed E-state index contributed by atoms with van der Waals surface area (Å²) in [5, 5.41) is 9.73. The standard InChI is InChI=1S/C16H12Cl2O3/c17-12-5-6-14(18)13(9-12)10-1-3-11(4-2-10)15(19)7-8-16(20)21/h1-6,9H,7-8H2,(H,20,21). The van der Waals surface area contributed by atoms with Gasteiger partial charge < -0.3 is 5.11 Å². The summed E-state index contributed by atoms with van der Waals surface area (Å²) in [6, 6.07) is 12.0. The number of carbonyl (C=O) groups excluding carboxylic acids is 1. The van der Waals surface area contributed by atoms with Crippen LogP contribution >= 0.6 is 23.2 Å². The zero-order valence-electron chi connectivity index (χ0n) is 11.0. The quantitative estimate of drug-likeness (QED) is 0.811. The average Bonchev–Trinajstić information content (AvgIpc) is 2.47. The number of rotatable bonds is 5. The Labute approximate surface area is 132 Å². The van der Waals surface area contributed by atoms with Gasteiger partial charge in [0.25, 0.3) is 0 Å². The van der Waals surface area contributed by atoms with Crippen LogP contribution in [-0.4, -0.2) is 16.9 Å². The molecule has 2 aromatic carbocycles. The van der Waals surface area contributed by atoms with Crippen molar-refractivity contribution in [2.24, 2.45) is 0 Å². The highest BCUT2D eigenvalue weighted by Gasteiger charge is 2.10. The van der Waals surface area contributed by atoms with E-state index in [2.05, 4.69) is 0 Å². The Morgan fingerprint density at radius 3 is 2.24 bits per heavy atom. The molecule has 0 aliphatic heterocycles. The Balaban J connectivity index is 2.20. The van der Waals surface area contributed by atoms with Gasteiger partial charge in [-0.2, -0.15) is 0 Å². The summed E-state index contributed by atoms with van der Waals surface area (Å²) in [5.74, 6) is -1.17. The van der Waals surface area contributed by atoms with E-state index in [0.29, 0.717) is 15.6 Å². The summed E-state index contributed by atoms with van der Waals surface area (Å²) in [5.41, 5.74) is 2.11. The number of ketones is 1. The highest BCUT2D eigenvalue weighted by molar-refractivity contribution is 6.35. The molecule has 2 aromatic rings. The van der Waals surface area contributed by atoms with Crippen LogP contribution in [0.5, 0.6) is 0 Å². The number of aliphatic carboxylic acids is 1. The minimum absolute atomic E-state index is 0.00734. The first-order chi connectivity index (χ1) is 9.97. The predicted octanol–water partition coefficient (Wildman–Crippen LogP) is 4.71. The molecule has 0 saturated carbocycles. The minimum Gasteiger partial charge on any atom is -0.481 e. The molecule has 0 aromatic heterocycles. The molecule has 0 unspecified atom stereocenters. The lowest BCUT2D eigenvalue weighted by Gasteiger charge is -2.06. The largest absolute Gasteiger partial charge is 0.481 e. The molecule has 0 bridgehead atoms. The number of carboxylic acid groups (broad SMARTS) is 1. The van der Waals surface area contributed by atoms with Gasteiger partial charge in [0, 0.05) is 27.6 Å². The van der Waals surface area contributed by atoms with E-state index in [1.165, 1.54) is 0 Å². The molecule has 5 heteroatoms. The average molecular weight is 323 g/mol. The molecular weight excluding hydrogens is 311 g/mol. The van der Waals surface area contributed by atoms with Crippen LogP contribution in [-0.2, 0) is 4.79 Å². The van der Waals surface area contributed by atoms with Crippen molar-refractivity contribution in [2.75, 3.05) is 0 Å². The van der Waals surface area contributed by atoms with E-state index >= 15 is 0 Å². The van der Waals surface area contributed by atoms with E-state index in [0.717, 1.165) is 11.1 Å². The van der Waals surface area contributed by atoms with Crippen molar-refractivity contribution in [3.63, 3.8) is 0 Å². The number of benzene rings is 2. The van der Waals surface area contributed by atoms with Crippen molar-refractivity contribution in [1.29, 1.82) is 0 Å². The van der Waals surface area contributed by atoms with Gasteiger partial charge in [0.15, 0.2) is 5.78 Å². The van der Waals surface area contributed by atoms with E-state index in [1.54, 1.807) is 42.5 Å². The molecule has 0 aliphatic carbocycles. The second-order valence-corrected chi connectivity index (χ2v) is 5.36. The summed E-state index contributed by atoms with van der Waals surface area (Å²) in [6.07, 6.45) is -0.173. The second kappa shape index (κ2) is 6.74. The van der Waals surface area contributed by atoms with Crippen LogP contribution < -0.4 is 0 Å². The highest BCUT2D eigenvalue weighted by atomic mass is 35.5. The minimum atomic E-state index is -0.981. The number of Topliss-reactive ketones (excluding diaryl/α,β-unsaturated/α-hetero) is 1. The first-order valence-electron chi connectivity index (χ1n) is 6.28. The Morgan fingerprint density at radius 2 is 1.62 bits per heavy atom. The Kier molecular flexibility index (Phi) is 4.99. The van der Waals surface area contributed by atoms with E-state index in [-0.39, 0.29) is 18.6 Å². The fourth-order valence-electron chi connectivity index (χ4n) is 1.92. The van der Waals surface area contributed by atoms with Crippen molar-refractivity contribution in [3.8, 4) is 11.1 Å². The van der Waals surface area contributed by atoms with Crippen LogP contribution in [0.15, 0.2) is 42.5 Å². The molecule has 0 atom stereocenters. The van der Waals surface area contributed by atoms with E-state index in [4.69, 9.17) is 28.3 Å². The van der Waals surface area contributed by atoms with E-state index in [1.807, 2.05) is 0 Å². The predicted molar refractivity (Wildman–Crippen MR) is 83.1 cm³/mol. The van der Waals surface area contributed by atoms with Crippen molar-refractivity contribution in [1.82, 2.24) is 0 Å². The van der Waals surface area contributed by atoms with Gasteiger partial charge in [-0.3, -0.25) is 9.59 Å². The van der Waals surface area contributed by atoms with Crippen molar-refractivity contribution in [2.45, 2.75) is 12.8 Å². The van der Waals surface area contributed by atoms with Crippen LogP contribution in [0.4, 0.5) is 0 Å². The molecule has 0 heterocycles. The Bertz CT molecular complexity index is 678. The summed E-state index contributed by atoms with van der Waals surface area (Å²) < 4.78 is 0. The van der Waals surface area contributed by atoms with Gasteiger partial charge >= 0.3 is 5.97 Å². The maximum absolute atomic E-state index is 11.8. The van der Waals surface area contributed by atoms with Crippen LogP contribution in [0.1, 0.15) is 23.2 Å². The molecule has 1 N–H and O–H groups in total. The molecular formula is C16H12Cl2O3. The maximum Gasteiger partial charge on any atom is 0.303 e.